The van der Waals surface area contributed by atoms with E-state index < -0.39 is 0 Å². The molecule has 2 aliphatic carbocycles. The first-order valence-corrected chi connectivity index (χ1v) is 6.06. The van der Waals surface area contributed by atoms with Gasteiger partial charge in [-0.1, -0.05) is 18.6 Å². The van der Waals surface area contributed by atoms with E-state index in [9.17, 15) is 10.1 Å². The number of esters is 1. The molecule has 0 aromatic carbocycles. The second-order valence-electron chi connectivity index (χ2n) is 4.84. The molecule has 0 amide bonds. The van der Waals surface area contributed by atoms with Crippen molar-refractivity contribution in [2.75, 3.05) is 7.11 Å². The number of hydrogen-bond acceptors (Lipinski definition) is 3. The van der Waals surface area contributed by atoms with Gasteiger partial charge in [0.25, 0.3) is 0 Å². The second-order valence-corrected chi connectivity index (χ2v) is 4.84. The zero-order valence-corrected chi connectivity index (χ0v) is 10.3. The molecule has 0 N–H and O–H groups in total. The van der Waals surface area contributed by atoms with E-state index in [0.717, 1.165) is 5.57 Å². The molecular weight excluding hydrogens is 214 g/mol. The number of ether oxygens (including phenoxy) is 1. The lowest BCUT2D eigenvalue weighted by Gasteiger charge is -2.36. The number of hydrogen-bond donors (Lipinski definition) is 0. The molecule has 0 saturated heterocycles. The average molecular weight is 231 g/mol. The third-order valence-corrected chi connectivity index (χ3v) is 3.88. The molecule has 0 spiro atoms. The Morgan fingerprint density at radius 1 is 1.47 bits per heavy atom. The van der Waals surface area contributed by atoms with Crippen LogP contribution in [0.3, 0.4) is 0 Å². The Hall–Kier alpha value is -1.56. The Morgan fingerprint density at radius 3 is 2.65 bits per heavy atom. The molecule has 90 valence electrons. The summed E-state index contributed by atoms with van der Waals surface area (Å²) in [5, 5.41) is 9.21. The molecule has 3 nitrogen and oxygen atoms in total. The van der Waals surface area contributed by atoms with E-state index in [2.05, 4.69) is 12.1 Å². The number of nitrogens with zero attached hydrogens (tertiary/aromatic N) is 1. The Kier molecular flexibility index (Phi) is 3.33. The zero-order chi connectivity index (χ0) is 12.4. The largest absolute Gasteiger partial charge is 0.465 e. The van der Waals surface area contributed by atoms with Gasteiger partial charge >= 0.3 is 5.97 Å². The SMILES string of the molecule is COC(=O)C1=CC(C#N)C(C2CCC2)C=C1C. The van der Waals surface area contributed by atoms with Crippen LogP contribution in [0, 0.1) is 29.1 Å². The number of nitriles is 1. The average Bonchev–Trinajstić information content (AvgIpc) is 2.26. The van der Waals surface area contributed by atoms with Crippen LogP contribution in [0.15, 0.2) is 23.3 Å². The van der Waals surface area contributed by atoms with Crippen LogP contribution >= 0.6 is 0 Å². The van der Waals surface area contributed by atoms with Crippen LogP contribution in [0.25, 0.3) is 0 Å². The highest BCUT2D eigenvalue weighted by Crippen LogP contribution is 2.41. The van der Waals surface area contributed by atoms with Crippen LogP contribution in [0.5, 0.6) is 0 Å². The van der Waals surface area contributed by atoms with Gasteiger partial charge in [-0.3, -0.25) is 0 Å². The van der Waals surface area contributed by atoms with Gasteiger partial charge < -0.3 is 4.74 Å². The monoisotopic (exact) mass is 231 g/mol. The van der Waals surface area contributed by atoms with E-state index in [1.165, 1.54) is 26.4 Å². The predicted molar refractivity (Wildman–Crippen MR) is 63.8 cm³/mol. The van der Waals surface area contributed by atoms with Crippen LogP contribution in [0.4, 0.5) is 0 Å². The van der Waals surface area contributed by atoms with Crippen LogP contribution in [0.2, 0.25) is 0 Å². The van der Waals surface area contributed by atoms with Crippen molar-refractivity contribution in [3.63, 3.8) is 0 Å². The van der Waals surface area contributed by atoms with Gasteiger partial charge in [-0.15, -0.1) is 0 Å². The molecule has 0 aliphatic heterocycles. The Balaban J connectivity index is 2.24. The molecule has 3 heteroatoms. The summed E-state index contributed by atoms with van der Waals surface area (Å²) in [6, 6.07) is 2.30. The van der Waals surface area contributed by atoms with Crippen molar-refractivity contribution < 1.29 is 9.53 Å². The number of methoxy groups -OCH3 is 1. The molecule has 2 atom stereocenters. The molecule has 17 heavy (non-hydrogen) atoms. The van der Waals surface area contributed by atoms with Crippen molar-refractivity contribution in [2.24, 2.45) is 17.8 Å². The molecule has 0 bridgehead atoms. The van der Waals surface area contributed by atoms with Crippen molar-refractivity contribution in [3.05, 3.63) is 23.3 Å². The fourth-order valence-electron chi connectivity index (χ4n) is 2.62. The number of carbonyl (C=O) groups excluding carboxylic acids is 1. The molecule has 2 unspecified atom stereocenters. The van der Waals surface area contributed by atoms with Crippen LogP contribution < -0.4 is 0 Å². The van der Waals surface area contributed by atoms with Gasteiger partial charge in [0.1, 0.15) is 0 Å². The first kappa shape index (κ1) is 11.9. The summed E-state index contributed by atoms with van der Waals surface area (Å²) in [7, 11) is 1.37. The molecule has 2 rings (SSSR count). The zero-order valence-electron chi connectivity index (χ0n) is 10.3. The fraction of sp³-hybridized carbons (Fsp3) is 0.571. The van der Waals surface area contributed by atoms with Crippen molar-refractivity contribution in [2.45, 2.75) is 26.2 Å². The highest BCUT2D eigenvalue weighted by molar-refractivity contribution is 5.93. The van der Waals surface area contributed by atoms with Gasteiger partial charge in [0.2, 0.25) is 0 Å². The van der Waals surface area contributed by atoms with Gasteiger partial charge in [-0.25, -0.2) is 4.79 Å². The Morgan fingerprint density at radius 2 is 2.18 bits per heavy atom. The summed E-state index contributed by atoms with van der Waals surface area (Å²) in [6.45, 7) is 1.92. The molecule has 0 aromatic rings. The minimum atomic E-state index is -0.342. The van der Waals surface area contributed by atoms with E-state index in [1.54, 1.807) is 6.08 Å². The normalized spacial score (nSPS) is 28.5. The van der Waals surface area contributed by atoms with Crippen LogP contribution in [-0.4, -0.2) is 13.1 Å². The molecular formula is C14H17NO2. The van der Waals surface area contributed by atoms with Gasteiger partial charge in [0, 0.05) is 0 Å². The van der Waals surface area contributed by atoms with Crippen LogP contribution in [-0.2, 0) is 9.53 Å². The fourth-order valence-corrected chi connectivity index (χ4v) is 2.62. The van der Waals surface area contributed by atoms with E-state index in [4.69, 9.17) is 4.74 Å². The smallest absolute Gasteiger partial charge is 0.337 e. The lowest BCUT2D eigenvalue weighted by molar-refractivity contribution is -0.135. The standard InChI is InChI=1S/C14H17NO2/c1-9-6-13(10-4-3-5-10)11(8-15)7-12(9)14(16)17-2/h6-7,10-11,13H,3-5H2,1-2H3. The molecule has 0 heterocycles. The van der Waals surface area contributed by atoms with Crippen molar-refractivity contribution in [3.8, 4) is 6.07 Å². The highest BCUT2D eigenvalue weighted by Gasteiger charge is 2.34. The minimum Gasteiger partial charge on any atom is -0.465 e. The van der Waals surface area contributed by atoms with Crippen LogP contribution in [0.1, 0.15) is 26.2 Å². The summed E-state index contributed by atoms with van der Waals surface area (Å²) in [4.78, 5) is 11.6. The molecule has 1 fully saturated rings. The topological polar surface area (TPSA) is 50.1 Å². The van der Waals surface area contributed by atoms with Crippen molar-refractivity contribution in [1.82, 2.24) is 0 Å². The van der Waals surface area contributed by atoms with E-state index >= 15 is 0 Å². The summed E-state index contributed by atoms with van der Waals surface area (Å²) < 4.78 is 4.73. The van der Waals surface area contributed by atoms with E-state index in [1.807, 2.05) is 6.92 Å². The Labute approximate surface area is 102 Å². The number of rotatable bonds is 2. The third-order valence-electron chi connectivity index (χ3n) is 3.88. The summed E-state index contributed by atoms with van der Waals surface area (Å²) in [5.41, 5.74) is 1.50. The quantitative estimate of drug-likeness (QED) is 0.686. The highest BCUT2D eigenvalue weighted by atomic mass is 16.5. The van der Waals surface area contributed by atoms with Gasteiger partial charge in [0.05, 0.1) is 24.7 Å². The summed E-state index contributed by atoms with van der Waals surface area (Å²) >= 11 is 0. The molecule has 2 aliphatic rings. The summed E-state index contributed by atoms with van der Waals surface area (Å²) in [6.07, 6.45) is 7.54. The van der Waals surface area contributed by atoms with Gasteiger partial charge in [-0.05, 0) is 37.2 Å². The second kappa shape index (κ2) is 4.75. The summed E-state index contributed by atoms with van der Waals surface area (Å²) in [5.74, 6) is 0.372. The van der Waals surface area contributed by atoms with Gasteiger partial charge in [0.15, 0.2) is 0 Å². The number of allylic oxidation sites excluding steroid dienone is 2. The maximum atomic E-state index is 11.6. The predicted octanol–water partition coefficient (Wildman–Crippen LogP) is 2.60. The molecule has 0 radical (unpaired) electrons. The third kappa shape index (κ3) is 2.12. The lowest BCUT2D eigenvalue weighted by atomic mass is 9.68. The van der Waals surface area contributed by atoms with E-state index in [-0.39, 0.29) is 17.8 Å². The first-order chi connectivity index (χ1) is 8.17. The number of carbonyl (C=O) groups is 1. The lowest BCUT2D eigenvalue weighted by Crippen LogP contribution is -2.29. The van der Waals surface area contributed by atoms with Crippen molar-refractivity contribution in [1.29, 1.82) is 5.26 Å². The van der Waals surface area contributed by atoms with E-state index in [0.29, 0.717) is 11.5 Å². The molecule has 1 saturated carbocycles. The van der Waals surface area contributed by atoms with Crippen molar-refractivity contribution >= 4 is 5.97 Å². The first-order valence-electron chi connectivity index (χ1n) is 6.06. The minimum absolute atomic E-state index is 0.182. The molecule has 0 aromatic heterocycles. The Bertz CT molecular complexity index is 424. The van der Waals surface area contributed by atoms with Gasteiger partial charge in [-0.2, -0.15) is 5.26 Å². The maximum absolute atomic E-state index is 11.6. The maximum Gasteiger partial charge on any atom is 0.337 e.